The lowest BCUT2D eigenvalue weighted by molar-refractivity contribution is -0.139. The molecular weight excluding hydrogens is 402 g/mol. The monoisotopic (exact) mass is 425 g/mol. The van der Waals surface area contributed by atoms with E-state index in [1.54, 1.807) is 36.5 Å². The molecule has 1 unspecified atom stereocenters. The highest BCUT2D eigenvalue weighted by molar-refractivity contribution is 5.96. The Morgan fingerprint density at radius 1 is 1.23 bits per heavy atom. The molecule has 2 aromatic heterocycles. The lowest BCUT2D eigenvalue weighted by atomic mass is 10.1. The van der Waals surface area contributed by atoms with Crippen LogP contribution in [0.5, 0.6) is 0 Å². The van der Waals surface area contributed by atoms with E-state index >= 15 is 0 Å². The number of nitrogens with zero attached hydrogens (tertiary/aromatic N) is 2. The molecule has 1 atom stereocenters. The number of carbonyl (C=O) groups excluding carboxylic acids is 1. The van der Waals surface area contributed by atoms with E-state index < -0.39 is 17.9 Å². The van der Waals surface area contributed by atoms with E-state index in [2.05, 4.69) is 25.6 Å². The number of nitrogens with one attached hydrogen (secondary N) is 3. The van der Waals surface area contributed by atoms with Crippen molar-refractivity contribution in [2.75, 3.05) is 17.6 Å². The average Bonchev–Trinajstić information content (AvgIpc) is 2.75. The maximum absolute atomic E-state index is 12.3. The molecule has 0 aliphatic carbocycles. The van der Waals surface area contributed by atoms with E-state index in [1.807, 2.05) is 0 Å². The molecule has 11 nitrogen and oxygen atoms in total. The average molecular weight is 425 g/mol. The van der Waals surface area contributed by atoms with Gasteiger partial charge in [0.2, 0.25) is 5.95 Å². The van der Waals surface area contributed by atoms with E-state index in [0.717, 1.165) is 11.3 Å². The quantitative estimate of drug-likeness (QED) is 0.282. The number of nitrogen functional groups attached to an aromatic ring is 1. The van der Waals surface area contributed by atoms with Crippen LogP contribution in [0.25, 0.3) is 11.0 Å². The summed E-state index contributed by atoms with van der Waals surface area (Å²) in [6.45, 7) is 0.740. The molecule has 0 fully saturated rings. The summed E-state index contributed by atoms with van der Waals surface area (Å²) >= 11 is 0. The fourth-order valence-electron chi connectivity index (χ4n) is 2.94. The number of aliphatic carboxylic acids is 1. The maximum atomic E-state index is 12.3. The number of H-pyrrole nitrogens is 1. The van der Waals surface area contributed by atoms with Crippen LogP contribution in [0.15, 0.2) is 41.3 Å². The van der Waals surface area contributed by atoms with Crippen molar-refractivity contribution in [2.45, 2.75) is 25.4 Å². The number of hydrogen-bond donors (Lipinski definition) is 6. The first-order chi connectivity index (χ1) is 14.9. The number of nitrogens with two attached hydrogens (primary N) is 2. The van der Waals surface area contributed by atoms with Crippen molar-refractivity contribution in [3.05, 3.63) is 58.0 Å². The number of amides is 1. The van der Waals surface area contributed by atoms with Crippen LogP contribution in [0.1, 0.15) is 28.8 Å². The van der Waals surface area contributed by atoms with Crippen molar-refractivity contribution in [1.82, 2.24) is 20.3 Å². The molecule has 0 radical (unpaired) electrons. The molecule has 2 heterocycles. The number of pyridine rings is 1. The summed E-state index contributed by atoms with van der Waals surface area (Å²) in [6, 6.07) is 7.28. The number of carboxylic acids is 1. The smallest absolute Gasteiger partial charge is 0.326 e. The lowest BCUT2D eigenvalue weighted by Gasteiger charge is -2.14. The molecule has 31 heavy (non-hydrogen) atoms. The van der Waals surface area contributed by atoms with Crippen LogP contribution >= 0.6 is 0 Å². The van der Waals surface area contributed by atoms with Gasteiger partial charge < -0.3 is 27.2 Å². The predicted molar refractivity (Wildman–Crippen MR) is 116 cm³/mol. The molecule has 3 aromatic rings. The van der Waals surface area contributed by atoms with Gasteiger partial charge in [-0.3, -0.25) is 14.6 Å². The Hall–Kier alpha value is -3.99. The summed E-state index contributed by atoms with van der Waals surface area (Å²) in [5, 5.41) is 15.2. The van der Waals surface area contributed by atoms with Crippen molar-refractivity contribution in [1.29, 1.82) is 0 Å². The number of hydrogen-bond acceptors (Lipinski definition) is 8. The van der Waals surface area contributed by atoms with Crippen LogP contribution in [0, 0.1) is 0 Å². The molecule has 8 N–H and O–H groups in total. The van der Waals surface area contributed by atoms with Crippen LogP contribution in [0.4, 0.5) is 11.6 Å². The minimum absolute atomic E-state index is 0.00839. The SMILES string of the molecule is NCCCC(NC(=O)c1ccc(NCc2cnc3nc(N)[nH]c(=O)c3c2)cc1)C(=O)O. The first kappa shape index (κ1) is 21.7. The van der Waals surface area contributed by atoms with Gasteiger partial charge in [-0.15, -0.1) is 0 Å². The second kappa shape index (κ2) is 9.67. The number of carboxylic acid groups (broad SMARTS) is 1. The highest BCUT2D eigenvalue weighted by Crippen LogP contribution is 2.13. The molecule has 3 rings (SSSR count). The first-order valence-corrected chi connectivity index (χ1v) is 9.59. The minimum Gasteiger partial charge on any atom is -0.480 e. The number of aromatic amines is 1. The Balaban J connectivity index is 1.63. The number of fused-ring (bicyclic) bond motifs is 1. The van der Waals surface area contributed by atoms with Crippen LogP contribution in [0.2, 0.25) is 0 Å². The molecule has 0 aliphatic heterocycles. The Labute approximate surface area is 176 Å². The number of anilines is 2. The zero-order valence-electron chi connectivity index (χ0n) is 16.6. The van der Waals surface area contributed by atoms with Crippen molar-refractivity contribution in [3.8, 4) is 0 Å². The highest BCUT2D eigenvalue weighted by atomic mass is 16.4. The Kier molecular flexibility index (Phi) is 6.78. The second-order valence-electron chi connectivity index (χ2n) is 6.89. The topological polar surface area (TPSA) is 189 Å². The van der Waals surface area contributed by atoms with E-state index in [-0.39, 0.29) is 23.6 Å². The van der Waals surface area contributed by atoms with E-state index in [1.165, 1.54) is 0 Å². The van der Waals surface area contributed by atoms with Gasteiger partial charge in [-0.2, -0.15) is 4.98 Å². The molecule has 0 bridgehead atoms. The summed E-state index contributed by atoms with van der Waals surface area (Å²) in [5.41, 5.74) is 12.7. The zero-order chi connectivity index (χ0) is 22.4. The Morgan fingerprint density at radius 3 is 2.65 bits per heavy atom. The Morgan fingerprint density at radius 2 is 1.97 bits per heavy atom. The first-order valence-electron chi connectivity index (χ1n) is 9.59. The fourth-order valence-corrected chi connectivity index (χ4v) is 2.94. The third kappa shape index (κ3) is 5.54. The van der Waals surface area contributed by atoms with E-state index in [4.69, 9.17) is 11.5 Å². The molecule has 1 aromatic carbocycles. The molecule has 11 heteroatoms. The number of rotatable bonds is 9. The largest absolute Gasteiger partial charge is 0.480 e. The minimum atomic E-state index is -1.10. The van der Waals surface area contributed by atoms with Gasteiger partial charge in [-0.1, -0.05) is 0 Å². The Bertz CT molecular complexity index is 1140. The van der Waals surface area contributed by atoms with Gasteiger partial charge in [0.05, 0.1) is 5.39 Å². The molecular formula is C20H23N7O4. The van der Waals surface area contributed by atoms with Crippen LogP contribution < -0.4 is 27.7 Å². The summed E-state index contributed by atoms with van der Waals surface area (Å²) in [6.07, 6.45) is 2.36. The van der Waals surface area contributed by atoms with Crippen molar-refractivity contribution in [3.63, 3.8) is 0 Å². The lowest BCUT2D eigenvalue weighted by Crippen LogP contribution is -2.41. The molecule has 0 spiro atoms. The third-order valence-electron chi connectivity index (χ3n) is 4.58. The van der Waals surface area contributed by atoms with Gasteiger partial charge >= 0.3 is 5.97 Å². The standard InChI is InChI=1S/C20H23N7O4/c21-7-1-2-15(19(30)31)25-17(28)12-3-5-13(6-4-12)23-9-11-8-14-16(24-10-11)26-20(22)27-18(14)29/h3-6,8,10,15,23H,1-2,7,9,21H2,(H,25,28)(H,30,31)(H3,22,24,26,27,29). The zero-order valence-corrected chi connectivity index (χ0v) is 16.6. The number of carbonyl (C=O) groups is 2. The molecule has 0 aliphatic rings. The van der Waals surface area contributed by atoms with Crippen LogP contribution in [0.3, 0.4) is 0 Å². The van der Waals surface area contributed by atoms with Crippen LogP contribution in [-0.4, -0.2) is 44.5 Å². The third-order valence-corrected chi connectivity index (χ3v) is 4.58. The fraction of sp³-hybridized carbons (Fsp3) is 0.250. The molecule has 0 saturated carbocycles. The van der Waals surface area contributed by atoms with Crippen molar-refractivity contribution >= 4 is 34.5 Å². The predicted octanol–water partition coefficient (Wildman–Crippen LogP) is 0.434. The molecule has 162 valence electrons. The van der Waals surface area contributed by atoms with E-state index in [9.17, 15) is 19.5 Å². The number of benzene rings is 1. The van der Waals surface area contributed by atoms with Gasteiger partial charge in [-0.05, 0) is 55.3 Å². The van der Waals surface area contributed by atoms with Crippen molar-refractivity contribution in [2.24, 2.45) is 5.73 Å². The second-order valence-corrected chi connectivity index (χ2v) is 6.89. The summed E-state index contributed by atoms with van der Waals surface area (Å²) < 4.78 is 0. The van der Waals surface area contributed by atoms with Crippen molar-refractivity contribution < 1.29 is 14.7 Å². The highest BCUT2D eigenvalue weighted by Gasteiger charge is 2.20. The van der Waals surface area contributed by atoms with E-state index in [0.29, 0.717) is 30.5 Å². The van der Waals surface area contributed by atoms with Gasteiger partial charge in [0.1, 0.15) is 6.04 Å². The maximum Gasteiger partial charge on any atom is 0.326 e. The summed E-state index contributed by atoms with van der Waals surface area (Å²) in [4.78, 5) is 46.1. The van der Waals surface area contributed by atoms with Gasteiger partial charge in [0, 0.05) is 24.0 Å². The van der Waals surface area contributed by atoms with Crippen LogP contribution in [-0.2, 0) is 11.3 Å². The van der Waals surface area contributed by atoms with Gasteiger partial charge in [0.25, 0.3) is 11.5 Å². The summed E-state index contributed by atoms with van der Waals surface area (Å²) in [5.74, 6) is -1.56. The summed E-state index contributed by atoms with van der Waals surface area (Å²) in [7, 11) is 0. The van der Waals surface area contributed by atoms with Gasteiger partial charge in [0.15, 0.2) is 5.65 Å². The normalized spacial score (nSPS) is 11.8. The van der Waals surface area contributed by atoms with Gasteiger partial charge in [-0.25, -0.2) is 9.78 Å². The molecule has 1 amide bonds. The molecule has 0 saturated heterocycles. The number of aromatic nitrogens is 3.